The lowest BCUT2D eigenvalue weighted by molar-refractivity contribution is 0.434. The van der Waals surface area contributed by atoms with Gasteiger partial charge in [-0.2, -0.15) is 9.61 Å². The Kier molecular flexibility index (Phi) is 2.38. The lowest BCUT2D eigenvalue weighted by Gasteiger charge is -2.01. The highest BCUT2D eigenvalue weighted by Gasteiger charge is 2.15. The van der Waals surface area contributed by atoms with Crippen LogP contribution in [0.25, 0.3) is 16.8 Å². The fourth-order valence-electron chi connectivity index (χ4n) is 2.13. The van der Waals surface area contributed by atoms with Gasteiger partial charge in [0.05, 0.1) is 11.8 Å². The first kappa shape index (κ1) is 11.5. The van der Waals surface area contributed by atoms with E-state index in [4.69, 9.17) is 0 Å². The third-order valence-corrected chi connectivity index (χ3v) is 2.89. The molecular formula is C13H10FN3O2. The van der Waals surface area contributed by atoms with Crippen LogP contribution >= 0.6 is 0 Å². The summed E-state index contributed by atoms with van der Waals surface area (Å²) in [6.07, 6.45) is 0. The maximum absolute atomic E-state index is 13.3. The summed E-state index contributed by atoms with van der Waals surface area (Å²) in [6, 6.07) is 7.02. The lowest BCUT2D eigenvalue weighted by Crippen LogP contribution is -2.07. The van der Waals surface area contributed by atoms with Crippen molar-refractivity contribution in [1.82, 2.24) is 14.6 Å². The number of aromatic nitrogens is 3. The van der Waals surface area contributed by atoms with Crippen LogP contribution in [0.5, 0.6) is 5.88 Å². The van der Waals surface area contributed by atoms with E-state index in [1.54, 1.807) is 19.1 Å². The molecule has 0 aliphatic carbocycles. The van der Waals surface area contributed by atoms with E-state index in [0.29, 0.717) is 22.5 Å². The molecule has 19 heavy (non-hydrogen) atoms. The van der Waals surface area contributed by atoms with Crippen molar-refractivity contribution in [2.45, 2.75) is 6.92 Å². The standard InChI is InChI=1S/C13H10FN3O2/c1-7-12(8-3-2-4-9(14)5-8)13-15-10(18)6-11(19)17(13)16-7/h2-6,19H,1H3,(H,15,18). The van der Waals surface area contributed by atoms with Crippen molar-refractivity contribution < 1.29 is 9.50 Å². The highest BCUT2D eigenvalue weighted by molar-refractivity contribution is 5.79. The molecule has 0 spiro atoms. The van der Waals surface area contributed by atoms with Crippen LogP contribution in [-0.4, -0.2) is 19.7 Å². The molecule has 0 radical (unpaired) electrons. The molecule has 0 amide bonds. The average molecular weight is 259 g/mol. The molecule has 0 atom stereocenters. The van der Waals surface area contributed by atoms with E-state index in [1.807, 2.05) is 0 Å². The molecule has 1 aromatic carbocycles. The Labute approximate surface area is 107 Å². The highest BCUT2D eigenvalue weighted by atomic mass is 19.1. The summed E-state index contributed by atoms with van der Waals surface area (Å²) in [5.74, 6) is -0.636. The van der Waals surface area contributed by atoms with E-state index >= 15 is 0 Å². The Bertz CT molecular complexity index is 836. The Hall–Kier alpha value is -2.63. The molecule has 3 aromatic rings. The van der Waals surface area contributed by atoms with Crippen molar-refractivity contribution in [3.8, 4) is 17.0 Å². The number of aromatic amines is 1. The van der Waals surface area contributed by atoms with Gasteiger partial charge in [0.15, 0.2) is 0 Å². The smallest absolute Gasteiger partial charge is 0.254 e. The van der Waals surface area contributed by atoms with Gasteiger partial charge >= 0.3 is 0 Å². The Morgan fingerprint density at radius 2 is 2.16 bits per heavy atom. The Morgan fingerprint density at radius 1 is 1.37 bits per heavy atom. The molecule has 0 bridgehead atoms. The normalized spacial score (nSPS) is 11.1. The van der Waals surface area contributed by atoms with Crippen LogP contribution in [0.15, 0.2) is 35.1 Å². The molecule has 0 aliphatic heterocycles. The van der Waals surface area contributed by atoms with Crippen LogP contribution in [0.1, 0.15) is 5.69 Å². The predicted octanol–water partition coefficient (Wildman–Crippen LogP) is 1.84. The van der Waals surface area contributed by atoms with Gasteiger partial charge in [-0.3, -0.25) is 4.79 Å². The van der Waals surface area contributed by atoms with Gasteiger partial charge in [0.1, 0.15) is 11.5 Å². The van der Waals surface area contributed by atoms with Crippen molar-refractivity contribution in [2.24, 2.45) is 0 Å². The van der Waals surface area contributed by atoms with E-state index in [0.717, 1.165) is 6.07 Å². The number of rotatable bonds is 1. The molecule has 2 N–H and O–H groups in total. The van der Waals surface area contributed by atoms with Crippen LogP contribution in [0.2, 0.25) is 0 Å². The molecule has 2 aromatic heterocycles. The molecule has 2 heterocycles. The number of benzene rings is 1. The molecule has 0 saturated carbocycles. The number of fused-ring (bicyclic) bond motifs is 1. The lowest BCUT2D eigenvalue weighted by atomic mass is 10.1. The number of nitrogens with zero attached hydrogens (tertiary/aromatic N) is 2. The molecule has 0 unspecified atom stereocenters. The number of hydrogen-bond donors (Lipinski definition) is 2. The summed E-state index contributed by atoms with van der Waals surface area (Å²) in [6.45, 7) is 1.73. The summed E-state index contributed by atoms with van der Waals surface area (Å²) in [4.78, 5) is 14.0. The highest BCUT2D eigenvalue weighted by Crippen LogP contribution is 2.28. The summed E-state index contributed by atoms with van der Waals surface area (Å²) >= 11 is 0. The van der Waals surface area contributed by atoms with Crippen LogP contribution in [0.4, 0.5) is 4.39 Å². The SMILES string of the molecule is Cc1nn2c(O)cc(=O)[nH]c2c1-c1cccc(F)c1. The fraction of sp³-hybridized carbons (Fsp3) is 0.0769. The molecule has 5 nitrogen and oxygen atoms in total. The zero-order valence-corrected chi connectivity index (χ0v) is 10.0. The fourth-order valence-corrected chi connectivity index (χ4v) is 2.13. The Morgan fingerprint density at radius 3 is 2.89 bits per heavy atom. The first-order valence-electron chi connectivity index (χ1n) is 5.64. The van der Waals surface area contributed by atoms with Crippen molar-refractivity contribution in [3.63, 3.8) is 0 Å². The number of aromatic hydroxyl groups is 1. The molecule has 3 rings (SSSR count). The summed E-state index contributed by atoms with van der Waals surface area (Å²) in [5.41, 5.74) is 1.67. The van der Waals surface area contributed by atoms with Gasteiger partial charge in [0, 0.05) is 5.56 Å². The molecule has 96 valence electrons. The first-order chi connectivity index (χ1) is 9.06. The minimum Gasteiger partial charge on any atom is -0.493 e. The van der Waals surface area contributed by atoms with Crippen LogP contribution < -0.4 is 5.56 Å². The number of H-pyrrole nitrogens is 1. The van der Waals surface area contributed by atoms with Gasteiger partial charge in [-0.1, -0.05) is 12.1 Å². The van der Waals surface area contributed by atoms with Crippen LogP contribution in [0.3, 0.4) is 0 Å². The Balaban J connectivity index is 2.41. The van der Waals surface area contributed by atoms with E-state index in [-0.39, 0.29) is 11.7 Å². The van der Waals surface area contributed by atoms with Crippen LogP contribution in [0, 0.1) is 12.7 Å². The van der Waals surface area contributed by atoms with E-state index in [2.05, 4.69) is 10.1 Å². The van der Waals surface area contributed by atoms with Crippen LogP contribution in [-0.2, 0) is 0 Å². The number of aryl methyl sites for hydroxylation is 1. The van der Waals surface area contributed by atoms with E-state index in [9.17, 15) is 14.3 Å². The summed E-state index contributed by atoms with van der Waals surface area (Å²) < 4.78 is 14.5. The van der Waals surface area contributed by atoms with Gasteiger partial charge in [-0.15, -0.1) is 0 Å². The summed E-state index contributed by atoms with van der Waals surface area (Å²) in [7, 11) is 0. The predicted molar refractivity (Wildman–Crippen MR) is 67.6 cm³/mol. The summed E-state index contributed by atoms with van der Waals surface area (Å²) in [5, 5.41) is 13.8. The van der Waals surface area contributed by atoms with E-state index in [1.165, 1.54) is 16.6 Å². The second kappa shape index (κ2) is 3.94. The zero-order valence-electron chi connectivity index (χ0n) is 10.0. The molecule has 0 aliphatic rings. The third-order valence-electron chi connectivity index (χ3n) is 2.89. The third kappa shape index (κ3) is 1.77. The maximum Gasteiger partial charge on any atom is 0.254 e. The maximum atomic E-state index is 13.3. The second-order valence-electron chi connectivity index (χ2n) is 4.22. The van der Waals surface area contributed by atoms with Crippen molar-refractivity contribution in [3.05, 3.63) is 52.2 Å². The van der Waals surface area contributed by atoms with Gasteiger partial charge in [0.2, 0.25) is 5.88 Å². The van der Waals surface area contributed by atoms with Crippen molar-refractivity contribution >= 4 is 5.65 Å². The number of hydrogen-bond acceptors (Lipinski definition) is 3. The molecule has 0 fully saturated rings. The average Bonchev–Trinajstić information content (AvgIpc) is 2.66. The monoisotopic (exact) mass is 259 g/mol. The number of nitrogens with one attached hydrogen (secondary N) is 1. The van der Waals surface area contributed by atoms with Gasteiger partial charge in [0.25, 0.3) is 5.56 Å². The number of halogens is 1. The van der Waals surface area contributed by atoms with Gasteiger partial charge < -0.3 is 10.1 Å². The van der Waals surface area contributed by atoms with E-state index < -0.39 is 5.56 Å². The largest absolute Gasteiger partial charge is 0.493 e. The minimum atomic E-state index is -0.442. The zero-order chi connectivity index (χ0) is 13.6. The molecule has 6 heteroatoms. The minimum absolute atomic E-state index is 0.260. The van der Waals surface area contributed by atoms with Crippen molar-refractivity contribution in [2.75, 3.05) is 0 Å². The quantitative estimate of drug-likeness (QED) is 0.700. The molecule has 0 saturated heterocycles. The molecular weight excluding hydrogens is 249 g/mol. The van der Waals surface area contributed by atoms with Gasteiger partial charge in [-0.25, -0.2) is 4.39 Å². The van der Waals surface area contributed by atoms with Gasteiger partial charge in [-0.05, 0) is 24.6 Å². The van der Waals surface area contributed by atoms with Crippen molar-refractivity contribution in [1.29, 1.82) is 0 Å². The second-order valence-corrected chi connectivity index (χ2v) is 4.22. The topological polar surface area (TPSA) is 70.4 Å². The first-order valence-corrected chi connectivity index (χ1v) is 5.64.